The molecule has 1 aliphatic rings. The highest BCUT2D eigenvalue weighted by Gasteiger charge is 2.61. The minimum absolute atomic E-state index is 0.469. The van der Waals surface area contributed by atoms with Crippen LogP contribution in [-0.2, 0) is 52.2 Å². The van der Waals surface area contributed by atoms with Crippen LogP contribution in [0.4, 0.5) is 0 Å². The van der Waals surface area contributed by atoms with Crippen molar-refractivity contribution in [2.75, 3.05) is 13.3 Å². The van der Waals surface area contributed by atoms with E-state index in [1.54, 1.807) is 0 Å². The highest BCUT2D eigenvalue weighted by atomic mass is 31.2. The Kier molecular flexibility index (Phi) is 8.37. The van der Waals surface area contributed by atoms with Gasteiger partial charge in [0, 0.05) is 34.6 Å². The first-order chi connectivity index (χ1) is 13.3. The maximum atomic E-state index is 13.7. The quantitative estimate of drug-likeness (QED) is 0.327. The summed E-state index contributed by atoms with van der Waals surface area (Å²) in [7, 11) is -3.69. The second kappa shape index (κ2) is 9.87. The number of carbonyl (C=O) groups excluding carboxylic acids is 5. The van der Waals surface area contributed by atoms with Crippen LogP contribution in [0.1, 0.15) is 34.6 Å². The van der Waals surface area contributed by atoms with Crippen LogP contribution >= 0.6 is 7.14 Å². The van der Waals surface area contributed by atoms with Gasteiger partial charge in [0.05, 0.1) is 5.66 Å². The Labute approximate surface area is 167 Å². The van der Waals surface area contributed by atoms with Crippen LogP contribution in [0.25, 0.3) is 0 Å². The highest BCUT2D eigenvalue weighted by molar-refractivity contribution is 7.64. The summed E-state index contributed by atoms with van der Waals surface area (Å²) in [6, 6.07) is 0. The summed E-state index contributed by atoms with van der Waals surface area (Å²) in [5.41, 5.74) is -1.18. The van der Waals surface area contributed by atoms with Crippen LogP contribution in [0, 0.1) is 0 Å². The Morgan fingerprint density at radius 3 is 1.48 bits per heavy atom. The lowest BCUT2D eigenvalue weighted by Gasteiger charge is -2.47. The molecule has 0 aliphatic carbocycles. The monoisotopic (exact) mass is 436 g/mol. The molecule has 0 N–H and O–H groups in total. The molecule has 164 valence electrons. The third kappa shape index (κ3) is 6.56. The predicted molar refractivity (Wildman–Crippen MR) is 96.2 cm³/mol. The molecule has 0 aromatic heterocycles. The van der Waals surface area contributed by atoms with Gasteiger partial charge < -0.3 is 28.2 Å². The molecule has 0 aromatic carbocycles. The molecule has 1 saturated heterocycles. The third-order valence-electron chi connectivity index (χ3n) is 4.12. The van der Waals surface area contributed by atoms with Gasteiger partial charge in [0.25, 0.3) is 0 Å². The maximum absolute atomic E-state index is 13.7. The number of esters is 5. The Balaban J connectivity index is 3.59. The number of ether oxygens (including phenoxy) is 5. The van der Waals surface area contributed by atoms with E-state index in [0.29, 0.717) is 0 Å². The van der Waals surface area contributed by atoms with Crippen molar-refractivity contribution in [2.45, 2.75) is 64.4 Å². The van der Waals surface area contributed by atoms with Gasteiger partial charge in [-0.2, -0.15) is 0 Å². The fourth-order valence-electron chi connectivity index (χ4n) is 3.11. The lowest BCUT2D eigenvalue weighted by atomic mass is 10.0. The van der Waals surface area contributed by atoms with E-state index in [0.717, 1.165) is 34.6 Å². The van der Waals surface area contributed by atoms with Crippen LogP contribution < -0.4 is 0 Å². The summed E-state index contributed by atoms with van der Waals surface area (Å²) in [6.45, 7) is 6.16. The molecule has 1 rings (SSSR count). The molecule has 11 nitrogen and oxygen atoms in total. The smallest absolute Gasteiger partial charge is 0.303 e. The van der Waals surface area contributed by atoms with Gasteiger partial charge in [0.1, 0.15) is 13.7 Å². The van der Waals surface area contributed by atoms with Crippen LogP contribution in [0.3, 0.4) is 0 Å². The zero-order valence-electron chi connectivity index (χ0n) is 17.0. The lowest BCUT2D eigenvalue weighted by molar-refractivity contribution is -0.197. The van der Waals surface area contributed by atoms with Crippen molar-refractivity contribution in [1.29, 1.82) is 0 Å². The van der Waals surface area contributed by atoms with Crippen molar-refractivity contribution in [2.24, 2.45) is 0 Å². The van der Waals surface area contributed by atoms with Gasteiger partial charge >= 0.3 is 29.8 Å². The summed E-state index contributed by atoms with van der Waals surface area (Å²) in [5, 5.41) is 0. The first-order valence-corrected chi connectivity index (χ1v) is 11.0. The van der Waals surface area contributed by atoms with Crippen LogP contribution in [0.5, 0.6) is 0 Å². The molecule has 0 saturated carbocycles. The minimum Gasteiger partial charge on any atom is -0.465 e. The van der Waals surface area contributed by atoms with Crippen molar-refractivity contribution in [3.8, 4) is 0 Å². The molecule has 0 spiro atoms. The van der Waals surface area contributed by atoms with E-state index in [4.69, 9.17) is 23.7 Å². The van der Waals surface area contributed by atoms with Crippen molar-refractivity contribution in [3.63, 3.8) is 0 Å². The van der Waals surface area contributed by atoms with E-state index in [1.807, 2.05) is 0 Å². The standard InChI is InChI=1S/C17H25O11P/c1-8(18)24-7-13-14(25-9(2)19)15(26-10(3)20)16(27-11(4)21)17(28-12(5)22)29(13,6)23/h13-17H,7H2,1-6H3/t13-,14-,15+,16+,17-,29-/m1/s1. The Bertz CT molecular complexity index is 731. The van der Waals surface area contributed by atoms with Crippen LogP contribution in [0.15, 0.2) is 0 Å². The second-order valence-electron chi connectivity index (χ2n) is 6.65. The SMILES string of the molecule is CC(=O)OC[C@@H]1[C@@H](OC(C)=O)[C@H](OC(C)=O)[C@H](OC(C)=O)[C@H](OC(C)=O)[P@]1(C)=O. The molecule has 12 heteroatoms. The molecule has 1 aliphatic heterocycles. The summed E-state index contributed by atoms with van der Waals surface area (Å²) in [5.74, 6) is -5.47. The van der Waals surface area contributed by atoms with E-state index < -0.39 is 73.4 Å². The molecule has 6 atom stereocenters. The first-order valence-electron chi connectivity index (χ1n) is 8.66. The molecule has 0 radical (unpaired) electrons. The number of hydrogen-bond acceptors (Lipinski definition) is 11. The van der Waals surface area contributed by atoms with Crippen molar-refractivity contribution in [1.82, 2.24) is 0 Å². The largest absolute Gasteiger partial charge is 0.465 e. The van der Waals surface area contributed by atoms with E-state index in [2.05, 4.69) is 0 Å². The molecule has 0 bridgehead atoms. The first kappa shape index (κ1) is 24.6. The lowest BCUT2D eigenvalue weighted by Crippen LogP contribution is -2.61. The zero-order valence-corrected chi connectivity index (χ0v) is 17.9. The van der Waals surface area contributed by atoms with Crippen LogP contribution in [-0.4, -0.2) is 72.9 Å². The highest BCUT2D eigenvalue weighted by Crippen LogP contribution is 2.60. The minimum atomic E-state index is -3.69. The zero-order chi connectivity index (χ0) is 22.5. The van der Waals surface area contributed by atoms with Crippen molar-refractivity contribution >= 4 is 37.0 Å². The van der Waals surface area contributed by atoms with Gasteiger partial charge in [0.15, 0.2) is 24.2 Å². The van der Waals surface area contributed by atoms with Crippen LogP contribution in [0.2, 0.25) is 0 Å². The van der Waals surface area contributed by atoms with Crippen molar-refractivity contribution < 1.29 is 52.2 Å². The van der Waals surface area contributed by atoms with Gasteiger partial charge in [-0.05, 0) is 6.66 Å². The number of hydrogen-bond donors (Lipinski definition) is 0. The molecule has 1 fully saturated rings. The molecular weight excluding hydrogens is 411 g/mol. The summed E-state index contributed by atoms with van der Waals surface area (Å²) >= 11 is 0. The molecule has 0 unspecified atom stereocenters. The average molecular weight is 436 g/mol. The molecule has 0 aromatic rings. The van der Waals surface area contributed by atoms with E-state index in [9.17, 15) is 28.5 Å². The Hall–Kier alpha value is -2.42. The topological polar surface area (TPSA) is 149 Å². The Morgan fingerprint density at radius 1 is 0.655 bits per heavy atom. The predicted octanol–water partition coefficient (Wildman–Crippen LogP) is 0.609. The molecule has 29 heavy (non-hydrogen) atoms. The molecular formula is C17H25O11P. The second-order valence-corrected chi connectivity index (χ2v) is 9.94. The fraction of sp³-hybridized carbons (Fsp3) is 0.706. The number of carbonyl (C=O) groups is 5. The summed E-state index contributed by atoms with van der Waals surface area (Å²) in [6.07, 6.45) is -4.34. The van der Waals surface area contributed by atoms with Gasteiger partial charge in [-0.15, -0.1) is 0 Å². The normalized spacial score (nSPS) is 31.2. The van der Waals surface area contributed by atoms with E-state index in [1.165, 1.54) is 6.66 Å². The average Bonchev–Trinajstić information content (AvgIpc) is 2.52. The molecule has 1 heterocycles. The van der Waals surface area contributed by atoms with E-state index >= 15 is 0 Å². The van der Waals surface area contributed by atoms with Gasteiger partial charge in [-0.25, -0.2) is 0 Å². The van der Waals surface area contributed by atoms with Gasteiger partial charge in [0.2, 0.25) is 0 Å². The van der Waals surface area contributed by atoms with Gasteiger partial charge in [-0.3, -0.25) is 24.0 Å². The third-order valence-corrected chi connectivity index (χ3v) is 7.29. The summed E-state index contributed by atoms with van der Waals surface area (Å²) in [4.78, 5) is 57.9. The van der Waals surface area contributed by atoms with Gasteiger partial charge in [-0.1, -0.05) is 0 Å². The Morgan fingerprint density at radius 2 is 1.07 bits per heavy atom. The van der Waals surface area contributed by atoms with E-state index in [-0.39, 0.29) is 0 Å². The number of rotatable bonds is 6. The maximum Gasteiger partial charge on any atom is 0.303 e. The molecule has 0 amide bonds. The van der Waals surface area contributed by atoms with Crippen molar-refractivity contribution in [3.05, 3.63) is 0 Å². The fourth-order valence-corrected chi connectivity index (χ4v) is 5.84. The summed E-state index contributed by atoms with van der Waals surface area (Å²) < 4.78 is 39.4.